The Balaban J connectivity index is 1.53. The lowest BCUT2D eigenvalue weighted by atomic mass is 10.2. The summed E-state index contributed by atoms with van der Waals surface area (Å²) in [7, 11) is -0.956. The fourth-order valence-electron chi connectivity index (χ4n) is 3.83. The zero-order valence-corrected chi connectivity index (χ0v) is 18.3. The van der Waals surface area contributed by atoms with Crippen molar-refractivity contribution in [1.82, 2.24) is 9.21 Å². The number of aliphatic imine (C=N–C) groups is 1. The summed E-state index contributed by atoms with van der Waals surface area (Å²) in [5.74, 6) is 0.873. The first-order chi connectivity index (χ1) is 14.9. The van der Waals surface area contributed by atoms with Gasteiger partial charge in [-0.1, -0.05) is 0 Å². The molecule has 1 saturated heterocycles. The first kappa shape index (κ1) is 21.2. The summed E-state index contributed by atoms with van der Waals surface area (Å²) in [5.41, 5.74) is 0.944. The molecule has 2 aromatic rings. The first-order valence-electron chi connectivity index (χ1n) is 9.98. The molecule has 2 aliphatic rings. The van der Waals surface area contributed by atoms with Crippen molar-refractivity contribution in [2.75, 3.05) is 58.4 Å². The van der Waals surface area contributed by atoms with Crippen molar-refractivity contribution >= 4 is 21.7 Å². The molecule has 2 aromatic carbocycles. The van der Waals surface area contributed by atoms with E-state index in [0.29, 0.717) is 44.4 Å². The highest BCUT2D eigenvalue weighted by atomic mass is 32.2. The second-order valence-corrected chi connectivity index (χ2v) is 9.06. The smallest absolute Gasteiger partial charge is 0.270 e. The molecule has 0 spiro atoms. The van der Waals surface area contributed by atoms with E-state index in [0.717, 1.165) is 5.69 Å². The molecule has 1 fully saturated rings. The van der Waals surface area contributed by atoms with Gasteiger partial charge in [0.15, 0.2) is 0 Å². The Morgan fingerprint density at radius 3 is 2.23 bits per heavy atom. The van der Waals surface area contributed by atoms with E-state index in [1.807, 2.05) is 4.90 Å². The van der Waals surface area contributed by atoms with Gasteiger partial charge in [-0.2, -0.15) is 0 Å². The Labute approximate surface area is 181 Å². The maximum Gasteiger partial charge on any atom is 0.270 e. The SMILES string of the molecule is COc1ccc(OC)c(S(=O)(=O)N2CCN=C2N2CCN(c3ccc(F)cc3)CC2)c1. The molecule has 0 bridgehead atoms. The van der Waals surface area contributed by atoms with Crippen LogP contribution in [-0.2, 0) is 10.0 Å². The van der Waals surface area contributed by atoms with Gasteiger partial charge in [-0.15, -0.1) is 0 Å². The number of rotatable bonds is 5. The Bertz CT molecular complexity index is 1070. The van der Waals surface area contributed by atoms with Gasteiger partial charge in [-0.3, -0.25) is 4.99 Å². The number of hydrogen-bond acceptors (Lipinski definition) is 7. The molecule has 0 unspecified atom stereocenters. The fourth-order valence-corrected chi connectivity index (χ4v) is 5.44. The van der Waals surface area contributed by atoms with Crippen LogP contribution in [-0.4, -0.2) is 77.1 Å². The minimum absolute atomic E-state index is 0.0499. The highest BCUT2D eigenvalue weighted by molar-refractivity contribution is 7.89. The molecule has 2 heterocycles. The van der Waals surface area contributed by atoms with E-state index < -0.39 is 10.0 Å². The number of sulfonamides is 1. The quantitative estimate of drug-likeness (QED) is 0.697. The maximum atomic E-state index is 13.5. The minimum Gasteiger partial charge on any atom is -0.497 e. The molecule has 0 radical (unpaired) electrons. The van der Waals surface area contributed by atoms with E-state index >= 15 is 0 Å². The van der Waals surface area contributed by atoms with Crippen molar-refractivity contribution in [1.29, 1.82) is 0 Å². The molecule has 0 saturated carbocycles. The minimum atomic E-state index is -3.88. The van der Waals surface area contributed by atoms with Crippen LogP contribution in [0.4, 0.5) is 10.1 Å². The molecule has 0 amide bonds. The number of nitrogens with zero attached hydrogens (tertiary/aromatic N) is 4. The topological polar surface area (TPSA) is 74.7 Å². The lowest BCUT2D eigenvalue weighted by Gasteiger charge is -2.39. The summed E-state index contributed by atoms with van der Waals surface area (Å²) in [6, 6.07) is 11.1. The number of piperazine rings is 1. The zero-order chi connectivity index (χ0) is 22.0. The number of halogens is 1. The van der Waals surface area contributed by atoms with E-state index in [1.165, 1.54) is 36.7 Å². The van der Waals surface area contributed by atoms with Gasteiger partial charge in [-0.05, 0) is 36.4 Å². The van der Waals surface area contributed by atoms with Gasteiger partial charge in [-0.25, -0.2) is 17.1 Å². The molecule has 10 heteroatoms. The Hall–Kier alpha value is -3.01. The summed E-state index contributed by atoms with van der Waals surface area (Å²) >= 11 is 0. The molecule has 8 nitrogen and oxygen atoms in total. The number of anilines is 1. The Morgan fingerprint density at radius 2 is 1.58 bits per heavy atom. The van der Waals surface area contributed by atoms with Crippen LogP contribution in [0.5, 0.6) is 11.5 Å². The Kier molecular flexibility index (Phi) is 5.90. The Morgan fingerprint density at radius 1 is 0.903 bits per heavy atom. The first-order valence-corrected chi connectivity index (χ1v) is 11.4. The molecular formula is C21H25FN4O4S. The average molecular weight is 449 g/mol. The van der Waals surface area contributed by atoms with Gasteiger partial charge in [0.2, 0.25) is 5.96 Å². The third kappa shape index (κ3) is 4.12. The highest BCUT2D eigenvalue weighted by Gasteiger charge is 2.36. The molecule has 166 valence electrons. The van der Waals surface area contributed by atoms with Crippen molar-refractivity contribution in [3.8, 4) is 11.5 Å². The third-order valence-corrected chi connectivity index (χ3v) is 7.27. The molecule has 2 aliphatic heterocycles. The van der Waals surface area contributed by atoms with Crippen molar-refractivity contribution in [3.05, 3.63) is 48.3 Å². The average Bonchev–Trinajstić information content (AvgIpc) is 3.30. The van der Waals surface area contributed by atoms with Crippen LogP contribution in [0.3, 0.4) is 0 Å². The molecule has 0 N–H and O–H groups in total. The largest absolute Gasteiger partial charge is 0.497 e. The van der Waals surface area contributed by atoms with Gasteiger partial charge < -0.3 is 19.3 Å². The van der Waals surface area contributed by atoms with E-state index in [2.05, 4.69) is 9.89 Å². The molecule has 0 aromatic heterocycles. The second kappa shape index (κ2) is 8.62. The van der Waals surface area contributed by atoms with Crippen LogP contribution in [0.1, 0.15) is 0 Å². The van der Waals surface area contributed by atoms with Crippen molar-refractivity contribution in [2.45, 2.75) is 4.90 Å². The number of guanidine groups is 1. The monoisotopic (exact) mass is 448 g/mol. The van der Waals surface area contributed by atoms with E-state index in [-0.39, 0.29) is 23.0 Å². The summed E-state index contributed by atoms with van der Waals surface area (Å²) in [5, 5.41) is 0. The van der Waals surface area contributed by atoms with Gasteiger partial charge in [0.1, 0.15) is 22.2 Å². The van der Waals surface area contributed by atoms with Crippen molar-refractivity contribution in [3.63, 3.8) is 0 Å². The number of ether oxygens (including phenoxy) is 2. The van der Waals surface area contributed by atoms with Crippen LogP contribution < -0.4 is 14.4 Å². The van der Waals surface area contributed by atoms with Gasteiger partial charge >= 0.3 is 0 Å². The van der Waals surface area contributed by atoms with Gasteiger partial charge in [0.05, 0.1) is 27.3 Å². The number of benzene rings is 2. The summed E-state index contributed by atoms with van der Waals surface area (Å²) in [4.78, 5) is 8.67. The fraction of sp³-hybridized carbons (Fsp3) is 0.381. The van der Waals surface area contributed by atoms with Gasteiger partial charge in [0, 0.05) is 37.9 Å². The normalized spacial score (nSPS) is 17.0. The highest BCUT2D eigenvalue weighted by Crippen LogP contribution is 2.32. The molecule has 0 aliphatic carbocycles. The predicted octanol–water partition coefficient (Wildman–Crippen LogP) is 2.03. The van der Waals surface area contributed by atoms with E-state index in [1.54, 1.807) is 24.3 Å². The standard InChI is InChI=1S/C21H25FN4O4S/c1-29-18-7-8-19(30-2)20(15-18)31(27,28)26-10-9-23-21(26)25-13-11-24(12-14-25)17-5-3-16(22)4-6-17/h3-8,15H,9-14H2,1-2H3. The summed E-state index contributed by atoms with van der Waals surface area (Å²) in [6.07, 6.45) is 0. The molecule has 4 rings (SSSR count). The second-order valence-electron chi connectivity index (χ2n) is 7.23. The molecule has 31 heavy (non-hydrogen) atoms. The molecule has 0 atom stereocenters. The van der Waals surface area contributed by atoms with Crippen LogP contribution >= 0.6 is 0 Å². The molecular weight excluding hydrogens is 423 g/mol. The number of methoxy groups -OCH3 is 2. The van der Waals surface area contributed by atoms with Crippen LogP contribution in [0.2, 0.25) is 0 Å². The van der Waals surface area contributed by atoms with Gasteiger partial charge in [0.25, 0.3) is 10.0 Å². The van der Waals surface area contributed by atoms with Crippen molar-refractivity contribution in [2.24, 2.45) is 4.99 Å². The zero-order valence-electron chi connectivity index (χ0n) is 17.5. The van der Waals surface area contributed by atoms with Crippen LogP contribution in [0.15, 0.2) is 52.4 Å². The lowest BCUT2D eigenvalue weighted by molar-refractivity contribution is 0.356. The maximum absolute atomic E-state index is 13.5. The number of hydrogen-bond donors (Lipinski definition) is 0. The summed E-state index contributed by atoms with van der Waals surface area (Å²) < 4.78 is 52.0. The van der Waals surface area contributed by atoms with E-state index in [9.17, 15) is 12.8 Å². The van der Waals surface area contributed by atoms with Crippen LogP contribution in [0, 0.1) is 5.82 Å². The van der Waals surface area contributed by atoms with E-state index in [4.69, 9.17) is 9.47 Å². The predicted molar refractivity (Wildman–Crippen MR) is 116 cm³/mol. The van der Waals surface area contributed by atoms with Crippen molar-refractivity contribution < 1.29 is 22.3 Å². The third-order valence-electron chi connectivity index (χ3n) is 5.47. The summed E-state index contributed by atoms with van der Waals surface area (Å²) in [6.45, 7) is 3.26. The van der Waals surface area contributed by atoms with Crippen LogP contribution in [0.25, 0.3) is 0 Å². The lowest BCUT2D eigenvalue weighted by Crippen LogP contribution is -2.53.